The van der Waals surface area contributed by atoms with E-state index < -0.39 is 0 Å². The van der Waals surface area contributed by atoms with Crippen LogP contribution in [0.3, 0.4) is 0 Å². The van der Waals surface area contributed by atoms with Crippen LogP contribution in [-0.2, 0) is 11.2 Å². The first-order valence-corrected chi connectivity index (χ1v) is 7.40. The zero-order valence-electron chi connectivity index (χ0n) is 12.3. The van der Waals surface area contributed by atoms with E-state index in [2.05, 4.69) is 36.2 Å². The van der Waals surface area contributed by atoms with Gasteiger partial charge < -0.3 is 10.1 Å². The Hall–Kier alpha value is -0.940. The van der Waals surface area contributed by atoms with Gasteiger partial charge in [-0.3, -0.25) is 0 Å². The van der Waals surface area contributed by atoms with Gasteiger partial charge in [0.2, 0.25) is 0 Å². The summed E-state index contributed by atoms with van der Waals surface area (Å²) >= 11 is 0. The van der Waals surface area contributed by atoms with Crippen LogP contribution >= 0.6 is 0 Å². The number of hydrogen-bond acceptors (Lipinski definition) is 4. The van der Waals surface area contributed by atoms with Gasteiger partial charge in [0, 0.05) is 31.7 Å². The number of likely N-dealkylation sites (N-methyl/N-ethyl adjacent to an activating group) is 1. The first kappa shape index (κ1) is 14.5. The smallest absolute Gasteiger partial charge is 0.138 e. The van der Waals surface area contributed by atoms with Gasteiger partial charge in [-0.1, -0.05) is 6.92 Å². The molecule has 108 valence electrons. The highest BCUT2D eigenvalue weighted by atomic mass is 16.5. The molecule has 1 N–H and O–H groups in total. The van der Waals surface area contributed by atoms with Crippen molar-refractivity contribution >= 4 is 0 Å². The average Bonchev–Trinajstić information content (AvgIpc) is 3.00. The second-order valence-electron chi connectivity index (χ2n) is 5.64. The summed E-state index contributed by atoms with van der Waals surface area (Å²) in [4.78, 5) is 4.41. The number of rotatable bonds is 7. The topological polar surface area (TPSA) is 52.0 Å². The lowest BCUT2D eigenvalue weighted by molar-refractivity contribution is 0.181. The van der Waals surface area contributed by atoms with Crippen LogP contribution in [0.2, 0.25) is 0 Å². The van der Waals surface area contributed by atoms with Crippen LogP contribution in [-0.4, -0.2) is 40.6 Å². The fourth-order valence-corrected chi connectivity index (χ4v) is 2.77. The molecular formula is C14H26N4O. The number of nitrogens with zero attached hydrogens (tertiary/aromatic N) is 3. The molecule has 19 heavy (non-hydrogen) atoms. The van der Waals surface area contributed by atoms with Crippen molar-refractivity contribution < 1.29 is 4.74 Å². The minimum absolute atomic E-state index is 0.370. The van der Waals surface area contributed by atoms with Crippen LogP contribution in [0.25, 0.3) is 0 Å². The summed E-state index contributed by atoms with van der Waals surface area (Å²) in [5.41, 5.74) is 0. The SMILES string of the molecule is CCNC(Cc1ncnn1C(C)C)CC1CCOC1. The lowest BCUT2D eigenvalue weighted by Gasteiger charge is -2.21. The number of hydrogen-bond donors (Lipinski definition) is 1. The molecule has 1 saturated heterocycles. The molecule has 0 spiro atoms. The van der Waals surface area contributed by atoms with Gasteiger partial charge in [-0.2, -0.15) is 5.10 Å². The van der Waals surface area contributed by atoms with Crippen LogP contribution in [0.4, 0.5) is 0 Å². The summed E-state index contributed by atoms with van der Waals surface area (Å²) in [5, 5.41) is 7.89. The molecule has 2 atom stereocenters. The largest absolute Gasteiger partial charge is 0.381 e. The van der Waals surface area contributed by atoms with E-state index in [1.165, 1.54) is 12.8 Å². The maximum absolute atomic E-state index is 5.47. The Balaban J connectivity index is 1.96. The van der Waals surface area contributed by atoms with Gasteiger partial charge in [-0.05, 0) is 39.2 Å². The molecule has 2 heterocycles. The Morgan fingerprint density at radius 1 is 1.53 bits per heavy atom. The number of ether oxygens (including phenoxy) is 1. The first-order chi connectivity index (χ1) is 9.20. The molecule has 0 radical (unpaired) electrons. The van der Waals surface area contributed by atoms with Gasteiger partial charge in [-0.25, -0.2) is 9.67 Å². The van der Waals surface area contributed by atoms with Crippen LogP contribution in [0.15, 0.2) is 6.33 Å². The van der Waals surface area contributed by atoms with Crippen molar-refractivity contribution in [3.8, 4) is 0 Å². The fourth-order valence-electron chi connectivity index (χ4n) is 2.77. The lowest BCUT2D eigenvalue weighted by atomic mass is 9.97. The quantitative estimate of drug-likeness (QED) is 0.817. The molecule has 2 unspecified atom stereocenters. The molecule has 1 aliphatic heterocycles. The van der Waals surface area contributed by atoms with E-state index >= 15 is 0 Å². The van der Waals surface area contributed by atoms with Crippen LogP contribution in [0.1, 0.15) is 45.5 Å². The molecule has 0 amide bonds. The van der Waals surface area contributed by atoms with Crippen molar-refractivity contribution in [2.24, 2.45) is 5.92 Å². The van der Waals surface area contributed by atoms with Crippen molar-refractivity contribution in [1.82, 2.24) is 20.1 Å². The van der Waals surface area contributed by atoms with E-state index in [0.717, 1.165) is 32.0 Å². The maximum atomic E-state index is 5.47. The minimum Gasteiger partial charge on any atom is -0.381 e. The van der Waals surface area contributed by atoms with Gasteiger partial charge in [0.25, 0.3) is 0 Å². The summed E-state index contributed by atoms with van der Waals surface area (Å²) in [6, 6.07) is 0.841. The minimum atomic E-state index is 0.370. The Kier molecular flexibility index (Phi) is 5.34. The lowest BCUT2D eigenvalue weighted by Crippen LogP contribution is -2.34. The molecule has 1 fully saturated rings. The van der Waals surface area contributed by atoms with E-state index in [4.69, 9.17) is 4.74 Å². The van der Waals surface area contributed by atoms with Crippen molar-refractivity contribution in [3.63, 3.8) is 0 Å². The van der Waals surface area contributed by atoms with Gasteiger partial charge in [-0.15, -0.1) is 0 Å². The van der Waals surface area contributed by atoms with Crippen molar-refractivity contribution in [1.29, 1.82) is 0 Å². The molecular weight excluding hydrogens is 240 g/mol. The van der Waals surface area contributed by atoms with E-state index in [1.807, 2.05) is 4.68 Å². The number of nitrogens with one attached hydrogen (secondary N) is 1. The third kappa shape index (κ3) is 4.01. The summed E-state index contributed by atoms with van der Waals surface area (Å²) in [6.07, 6.45) is 4.97. The second-order valence-corrected chi connectivity index (χ2v) is 5.64. The standard InChI is InChI=1S/C14H26N4O/c1-4-15-13(7-12-5-6-19-9-12)8-14-16-10-17-18(14)11(2)3/h10-13,15H,4-9H2,1-3H3. The summed E-state index contributed by atoms with van der Waals surface area (Å²) in [5.74, 6) is 1.78. The molecule has 0 aliphatic carbocycles. The summed E-state index contributed by atoms with van der Waals surface area (Å²) in [6.45, 7) is 9.28. The Labute approximate surface area is 115 Å². The van der Waals surface area contributed by atoms with E-state index in [9.17, 15) is 0 Å². The molecule has 0 saturated carbocycles. The fraction of sp³-hybridized carbons (Fsp3) is 0.857. The Bertz CT molecular complexity index is 371. The molecule has 5 nitrogen and oxygen atoms in total. The molecule has 1 aromatic heterocycles. The van der Waals surface area contributed by atoms with Gasteiger partial charge in [0.1, 0.15) is 12.2 Å². The third-order valence-electron chi connectivity index (χ3n) is 3.70. The van der Waals surface area contributed by atoms with Crippen LogP contribution < -0.4 is 5.32 Å². The summed E-state index contributed by atoms with van der Waals surface area (Å²) in [7, 11) is 0. The zero-order chi connectivity index (χ0) is 13.7. The molecule has 0 bridgehead atoms. The Morgan fingerprint density at radius 2 is 2.37 bits per heavy atom. The molecule has 1 aliphatic rings. The van der Waals surface area contributed by atoms with Gasteiger partial charge in [0.15, 0.2) is 0 Å². The molecule has 5 heteroatoms. The predicted octanol–water partition coefficient (Wildman–Crippen LogP) is 1.81. The molecule has 2 rings (SSSR count). The normalized spacial score (nSPS) is 21.2. The second kappa shape index (κ2) is 7.01. The predicted molar refractivity (Wildman–Crippen MR) is 75.1 cm³/mol. The highest BCUT2D eigenvalue weighted by Crippen LogP contribution is 2.20. The molecule has 0 aromatic carbocycles. The highest BCUT2D eigenvalue weighted by Gasteiger charge is 2.22. The van der Waals surface area contributed by atoms with Gasteiger partial charge >= 0.3 is 0 Å². The zero-order valence-corrected chi connectivity index (χ0v) is 12.3. The van der Waals surface area contributed by atoms with E-state index in [-0.39, 0.29) is 0 Å². The highest BCUT2D eigenvalue weighted by molar-refractivity contribution is 4.92. The Morgan fingerprint density at radius 3 is 3.00 bits per heavy atom. The van der Waals surface area contributed by atoms with Crippen molar-refractivity contribution in [2.75, 3.05) is 19.8 Å². The average molecular weight is 266 g/mol. The molecule has 1 aromatic rings. The van der Waals surface area contributed by atoms with Crippen LogP contribution in [0.5, 0.6) is 0 Å². The van der Waals surface area contributed by atoms with Crippen molar-refractivity contribution in [3.05, 3.63) is 12.2 Å². The van der Waals surface area contributed by atoms with E-state index in [0.29, 0.717) is 18.0 Å². The summed E-state index contributed by atoms with van der Waals surface area (Å²) < 4.78 is 7.50. The van der Waals surface area contributed by atoms with Crippen molar-refractivity contribution in [2.45, 2.75) is 52.1 Å². The van der Waals surface area contributed by atoms with E-state index in [1.54, 1.807) is 6.33 Å². The third-order valence-corrected chi connectivity index (χ3v) is 3.70. The monoisotopic (exact) mass is 266 g/mol. The maximum Gasteiger partial charge on any atom is 0.138 e. The first-order valence-electron chi connectivity index (χ1n) is 7.40. The van der Waals surface area contributed by atoms with Crippen LogP contribution in [0, 0.1) is 5.92 Å². The number of aromatic nitrogens is 3. The van der Waals surface area contributed by atoms with Gasteiger partial charge in [0.05, 0.1) is 0 Å².